The van der Waals surface area contributed by atoms with E-state index < -0.39 is 0 Å². The third-order valence-electron chi connectivity index (χ3n) is 5.15. The maximum atomic E-state index is 4.44. The average Bonchev–Trinajstić information content (AvgIpc) is 3.22. The molecule has 1 N–H and O–H groups in total. The van der Waals surface area contributed by atoms with Gasteiger partial charge in [0.05, 0.1) is 15.7 Å². The highest BCUT2D eigenvalue weighted by Crippen LogP contribution is 2.27. The fourth-order valence-electron chi connectivity index (χ4n) is 3.67. The third-order valence-corrected chi connectivity index (χ3v) is 5.96. The first-order valence-electron chi connectivity index (χ1n) is 9.76. The van der Waals surface area contributed by atoms with Crippen molar-refractivity contribution in [2.24, 2.45) is 0 Å². The molecule has 140 valence electrons. The summed E-state index contributed by atoms with van der Waals surface area (Å²) in [5, 5.41) is 3.45. The van der Waals surface area contributed by atoms with E-state index in [-0.39, 0.29) is 0 Å². The standard InChI is InChI=1S/C26H20N2S/c1-2-5-19(6-3-1)7-4-8-20-9-11-24-23(14-20)15-22(17-27-24)13-21-10-12-26-25(16-21)28-18-29-26/h1-3,5-6,9-12,14,16-18,27H,7,13,15H2. The molecule has 0 spiro atoms. The minimum Gasteiger partial charge on any atom is -0.361 e. The van der Waals surface area contributed by atoms with Gasteiger partial charge in [0.1, 0.15) is 0 Å². The minimum absolute atomic E-state index is 0.778. The van der Waals surface area contributed by atoms with E-state index in [4.69, 9.17) is 0 Å². The predicted molar refractivity (Wildman–Crippen MR) is 122 cm³/mol. The Balaban J connectivity index is 1.30. The molecule has 0 fully saturated rings. The summed E-state index contributed by atoms with van der Waals surface area (Å²) in [7, 11) is 0. The average molecular weight is 393 g/mol. The van der Waals surface area contributed by atoms with Crippen LogP contribution in [0.1, 0.15) is 22.3 Å². The van der Waals surface area contributed by atoms with Crippen LogP contribution in [-0.4, -0.2) is 4.98 Å². The Bertz CT molecular complexity index is 1260. The van der Waals surface area contributed by atoms with Crippen molar-refractivity contribution in [3.8, 4) is 11.8 Å². The Kier molecular flexibility index (Phi) is 4.86. The van der Waals surface area contributed by atoms with Gasteiger partial charge in [-0.1, -0.05) is 48.2 Å². The second-order valence-electron chi connectivity index (χ2n) is 7.29. The van der Waals surface area contributed by atoms with Crippen LogP contribution in [0.3, 0.4) is 0 Å². The number of nitrogens with one attached hydrogen (secondary N) is 1. The molecule has 0 amide bonds. The van der Waals surface area contributed by atoms with Gasteiger partial charge in [-0.2, -0.15) is 0 Å². The Hall–Kier alpha value is -3.35. The zero-order chi connectivity index (χ0) is 19.5. The molecule has 2 nitrogen and oxygen atoms in total. The molecule has 1 aromatic heterocycles. The molecule has 0 radical (unpaired) electrons. The molecule has 1 aliphatic rings. The van der Waals surface area contributed by atoms with Crippen LogP contribution >= 0.6 is 11.3 Å². The molecule has 0 saturated heterocycles. The third kappa shape index (κ3) is 4.08. The lowest BCUT2D eigenvalue weighted by Gasteiger charge is -2.19. The number of allylic oxidation sites excluding steroid dienone is 1. The van der Waals surface area contributed by atoms with E-state index in [1.54, 1.807) is 11.3 Å². The topological polar surface area (TPSA) is 24.9 Å². The Morgan fingerprint density at radius 3 is 2.83 bits per heavy atom. The zero-order valence-corrected chi connectivity index (χ0v) is 16.8. The van der Waals surface area contributed by atoms with Crippen molar-refractivity contribution in [2.45, 2.75) is 19.3 Å². The van der Waals surface area contributed by atoms with Gasteiger partial charge >= 0.3 is 0 Å². The van der Waals surface area contributed by atoms with Gasteiger partial charge in [0.2, 0.25) is 0 Å². The normalized spacial score (nSPS) is 12.5. The zero-order valence-electron chi connectivity index (χ0n) is 16.0. The number of nitrogens with zero attached hydrogens (tertiary/aromatic N) is 1. The second kappa shape index (κ2) is 7.95. The SMILES string of the molecule is C(#Cc1ccc2c(c1)CC(Cc1ccc3scnc3c1)=CN2)Cc1ccccc1. The summed E-state index contributed by atoms with van der Waals surface area (Å²) in [6.07, 6.45) is 4.81. The second-order valence-corrected chi connectivity index (χ2v) is 8.18. The first kappa shape index (κ1) is 17.7. The molecule has 0 atom stereocenters. The van der Waals surface area contributed by atoms with E-state index in [0.29, 0.717) is 0 Å². The molecule has 0 aliphatic carbocycles. The van der Waals surface area contributed by atoms with Gasteiger partial charge in [0.25, 0.3) is 0 Å². The molecule has 0 bridgehead atoms. The highest BCUT2D eigenvalue weighted by Gasteiger charge is 2.12. The van der Waals surface area contributed by atoms with Gasteiger partial charge in [-0.25, -0.2) is 4.98 Å². The number of benzene rings is 3. The minimum atomic E-state index is 0.778. The Labute approximate surface area is 174 Å². The summed E-state index contributed by atoms with van der Waals surface area (Å²) in [6, 6.07) is 23.4. The number of thiazole rings is 1. The van der Waals surface area contributed by atoms with Gasteiger partial charge in [-0.3, -0.25) is 0 Å². The number of hydrogen-bond acceptors (Lipinski definition) is 3. The molecule has 2 heterocycles. The monoisotopic (exact) mass is 392 g/mol. The van der Waals surface area contributed by atoms with Crippen molar-refractivity contribution in [3.63, 3.8) is 0 Å². The van der Waals surface area contributed by atoms with Crippen molar-refractivity contribution in [1.82, 2.24) is 4.98 Å². The fraction of sp³-hybridized carbons (Fsp3) is 0.115. The van der Waals surface area contributed by atoms with Crippen LogP contribution in [0.15, 0.2) is 84.0 Å². The smallest absolute Gasteiger partial charge is 0.0814 e. The Morgan fingerprint density at radius 1 is 0.966 bits per heavy atom. The molecule has 1 aliphatic heterocycles. The lowest BCUT2D eigenvalue weighted by molar-refractivity contribution is 1.01. The summed E-state index contributed by atoms with van der Waals surface area (Å²) in [4.78, 5) is 4.44. The van der Waals surface area contributed by atoms with Crippen molar-refractivity contribution in [3.05, 3.63) is 106 Å². The van der Waals surface area contributed by atoms with Gasteiger partial charge in [0.15, 0.2) is 0 Å². The molecule has 0 saturated carbocycles. The molecule has 3 aromatic carbocycles. The number of hydrogen-bond donors (Lipinski definition) is 1. The van der Waals surface area contributed by atoms with E-state index in [9.17, 15) is 0 Å². The summed E-state index contributed by atoms with van der Waals surface area (Å²) in [5.41, 5.74) is 10.5. The number of aromatic nitrogens is 1. The number of rotatable bonds is 3. The van der Waals surface area contributed by atoms with Crippen molar-refractivity contribution < 1.29 is 0 Å². The number of fused-ring (bicyclic) bond motifs is 2. The molecule has 29 heavy (non-hydrogen) atoms. The van der Waals surface area contributed by atoms with E-state index in [1.807, 2.05) is 11.6 Å². The summed E-state index contributed by atoms with van der Waals surface area (Å²) in [5.74, 6) is 6.62. The maximum absolute atomic E-state index is 4.44. The molecular formula is C26H20N2S. The van der Waals surface area contributed by atoms with Gasteiger partial charge < -0.3 is 5.32 Å². The maximum Gasteiger partial charge on any atom is 0.0814 e. The lowest BCUT2D eigenvalue weighted by Crippen LogP contribution is -2.08. The summed E-state index contributed by atoms with van der Waals surface area (Å²) in [6.45, 7) is 0. The molecule has 3 heteroatoms. The molecule has 5 rings (SSSR count). The van der Waals surface area contributed by atoms with Gasteiger partial charge in [-0.05, 0) is 65.4 Å². The van der Waals surface area contributed by atoms with Crippen molar-refractivity contribution in [2.75, 3.05) is 5.32 Å². The predicted octanol–water partition coefficient (Wildman–Crippen LogP) is 5.99. The van der Waals surface area contributed by atoms with E-state index in [2.05, 4.69) is 89.0 Å². The lowest BCUT2D eigenvalue weighted by atomic mass is 9.94. The first-order valence-corrected chi connectivity index (χ1v) is 10.6. The van der Waals surface area contributed by atoms with Crippen LogP contribution in [0.25, 0.3) is 10.2 Å². The quantitative estimate of drug-likeness (QED) is 0.434. The fourth-order valence-corrected chi connectivity index (χ4v) is 4.33. The summed E-state index contributed by atoms with van der Waals surface area (Å²) >= 11 is 1.69. The van der Waals surface area contributed by atoms with Gasteiger partial charge in [-0.15, -0.1) is 11.3 Å². The Morgan fingerprint density at radius 2 is 1.90 bits per heavy atom. The molecule has 4 aromatic rings. The van der Waals surface area contributed by atoms with Crippen LogP contribution in [0.2, 0.25) is 0 Å². The van der Waals surface area contributed by atoms with Gasteiger partial charge in [0, 0.05) is 23.9 Å². The highest BCUT2D eigenvalue weighted by atomic mass is 32.1. The largest absolute Gasteiger partial charge is 0.361 e. The van der Waals surface area contributed by atoms with Crippen LogP contribution in [0, 0.1) is 11.8 Å². The highest BCUT2D eigenvalue weighted by molar-refractivity contribution is 7.16. The van der Waals surface area contributed by atoms with E-state index in [0.717, 1.165) is 30.3 Å². The molecular weight excluding hydrogens is 372 g/mol. The van der Waals surface area contributed by atoms with E-state index in [1.165, 1.54) is 32.7 Å². The van der Waals surface area contributed by atoms with Crippen molar-refractivity contribution in [1.29, 1.82) is 0 Å². The van der Waals surface area contributed by atoms with Crippen LogP contribution in [0.5, 0.6) is 0 Å². The molecule has 0 unspecified atom stereocenters. The van der Waals surface area contributed by atoms with Crippen LogP contribution in [0.4, 0.5) is 5.69 Å². The van der Waals surface area contributed by atoms with Crippen LogP contribution < -0.4 is 5.32 Å². The first-order chi connectivity index (χ1) is 14.3. The number of anilines is 1. The summed E-state index contributed by atoms with van der Waals surface area (Å²) < 4.78 is 1.24. The van der Waals surface area contributed by atoms with Crippen molar-refractivity contribution >= 4 is 27.2 Å². The van der Waals surface area contributed by atoms with E-state index >= 15 is 0 Å². The van der Waals surface area contributed by atoms with Crippen LogP contribution in [-0.2, 0) is 19.3 Å².